The fraction of sp³-hybridized carbons (Fsp3) is 0.250. The molecule has 0 fully saturated rings. The molecular weight excluding hydrogens is 477 g/mol. The molecular formula is C24H24BF3N3O3P. The molecule has 1 aromatic heterocycles. The minimum absolute atomic E-state index is 0.0247. The molecule has 0 spiro atoms. The van der Waals surface area contributed by atoms with Gasteiger partial charge in [0.15, 0.2) is 7.85 Å². The van der Waals surface area contributed by atoms with Gasteiger partial charge < -0.3 is 20.7 Å². The van der Waals surface area contributed by atoms with Crippen LogP contribution in [0.3, 0.4) is 0 Å². The second-order valence-corrected chi connectivity index (χ2v) is 9.29. The molecule has 4 N–H and O–H groups in total. The summed E-state index contributed by atoms with van der Waals surface area (Å²) in [5.74, 6) is -4.80. The Labute approximate surface area is 203 Å². The van der Waals surface area contributed by atoms with Crippen LogP contribution in [0.1, 0.15) is 48.2 Å². The summed E-state index contributed by atoms with van der Waals surface area (Å²) >= 11 is 0. The van der Waals surface area contributed by atoms with Gasteiger partial charge in [-0.05, 0) is 37.6 Å². The van der Waals surface area contributed by atoms with E-state index in [0.29, 0.717) is 24.1 Å². The molecule has 0 saturated heterocycles. The summed E-state index contributed by atoms with van der Waals surface area (Å²) in [5.41, 5.74) is -1.16. The lowest BCUT2D eigenvalue weighted by Gasteiger charge is -2.20. The summed E-state index contributed by atoms with van der Waals surface area (Å²) in [7, 11) is 7.04. The number of anilines is 2. The number of allylic oxidation sites excluding steroid dienone is 1. The number of rotatable bonds is 8. The molecule has 2 aromatic carbocycles. The van der Waals surface area contributed by atoms with Gasteiger partial charge >= 0.3 is 0 Å². The standard InChI is InChI=1S/C24H24BF3N3O3P/c1-3-5-14(12-32)30-13-8-9-18(17(10-13)24(25,27)28)31-22(34)15-11-29-19-7-4-6-16(23(2,26)35)20(19)21(15)33/h4,6-12,30,32H,3,5,35H2,1-2H3,(H,29,33)(H,31,34)/b14-12+. The maximum absolute atomic E-state index is 14.7. The van der Waals surface area contributed by atoms with E-state index in [0.717, 1.165) is 18.5 Å². The summed E-state index contributed by atoms with van der Waals surface area (Å²) in [6.07, 6.45) is 3.16. The quantitative estimate of drug-likeness (QED) is 0.183. The number of H-pyrrole nitrogens is 1. The third kappa shape index (κ3) is 5.88. The number of carbonyl (C=O) groups is 1. The largest absolute Gasteiger partial charge is 0.514 e. The van der Waals surface area contributed by atoms with Crippen molar-refractivity contribution in [2.75, 3.05) is 10.6 Å². The van der Waals surface area contributed by atoms with Crippen LogP contribution in [0.4, 0.5) is 24.5 Å². The first-order valence-corrected chi connectivity index (χ1v) is 11.3. The number of fused-ring (bicyclic) bond motifs is 1. The molecule has 1 heterocycles. The highest BCUT2D eigenvalue weighted by Gasteiger charge is 2.29. The van der Waals surface area contributed by atoms with Crippen LogP contribution < -0.4 is 16.1 Å². The molecule has 0 aliphatic heterocycles. The summed E-state index contributed by atoms with van der Waals surface area (Å²) in [4.78, 5) is 28.8. The van der Waals surface area contributed by atoms with Gasteiger partial charge in [0.25, 0.3) is 5.91 Å². The van der Waals surface area contributed by atoms with Crippen LogP contribution in [0.2, 0.25) is 0 Å². The normalized spacial score (nSPS) is 13.9. The van der Waals surface area contributed by atoms with E-state index in [4.69, 9.17) is 7.85 Å². The summed E-state index contributed by atoms with van der Waals surface area (Å²) < 4.78 is 43.1. The van der Waals surface area contributed by atoms with Gasteiger partial charge in [0.1, 0.15) is 11.0 Å². The maximum atomic E-state index is 14.7. The van der Waals surface area contributed by atoms with Crippen LogP contribution in [0, 0.1) is 0 Å². The zero-order valence-electron chi connectivity index (χ0n) is 19.1. The molecule has 0 saturated carbocycles. The summed E-state index contributed by atoms with van der Waals surface area (Å²) in [6, 6.07) is 8.22. The second kappa shape index (κ2) is 10.2. The predicted octanol–water partition coefficient (Wildman–Crippen LogP) is 5.63. The van der Waals surface area contributed by atoms with Crippen LogP contribution in [0.25, 0.3) is 10.9 Å². The van der Waals surface area contributed by atoms with Crippen LogP contribution >= 0.6 is 9.24 Å². The number of hydrogen-bond acceptors (Lipinski definition) is 4. The minimum atomic E-state index is -3.83. The highest BCUT2D eigenvalue weighted by molar-refractivity contribution is 7.18. The molecule has 35 heavy (non-hydrogen) atoms. The van der Waals surface area contributed by atoms with Crippen molar-refractivity contribution < 1.29 is 23.1 Å². The van der Waals surface area contributed by atoms with Gasteiger partial charge in [0, 0.05) is 39.9 Å². The second-order valence-electron chi connectivity index (χ2n) is 8.20. The number of aromatic amines is 1. The van der Waals surface area contributed by atoms with Crippen molar-refractivity contribution in [1.82, 2.24) is 4.98 Å². The number of aromatic nitrogens is 1. The number of amides is 1. The lowest BCUT2D eigenvalue weighted by molar-refractivity contribution is 0.0946. The van der Waals surface area contributed by atoms with E-state index < -0.39 is 28.1 Å². The molecule has 2 radical (unpaired) electrons. The molecule has 2 atom stereocenters. The van der Waals surface area contributed by atoms with Crippen LogP contribution in [-0.2, 0) is 11.2 Å². The monoisotopic (exact) mass is 501 g/mol. The number of nitrogens with one attached hydrogen (secondary N) is 3. The van der Waals surface area contributed by atoms with Gasteiger partial charge in [0.05, 0.1) is 11.6 Å². The van der Waals surface area contributed by atoms with Crippen molar-refractivity contribution in [2.45, 2.75) is 37.9 Å². The van der Waals surface area contributed by atoms with Crippen molar-refractivity contribution in [3.63, 3.8) is 0 Å². The van der Waals surface area contributed by atoms with Crippen molar-refractivity contribution in [2.24, 2.45) is 0 Å². The number of alkyl halides is 3. The van der Waals surface area contributed by atoms with Crippen molar-refractivity contribution >= 4 is 45.3 Å². The predicted molar refractivity (Wildman–Crippen MR) is 136 cm³/mol. The Bertz CT molecular complexity index is 1350. The van der Waals surface area contributed by atoms with Crippen LogP contribution in [-0.4, -0.2) is 23.8 Å². The Morgan fingerprint density at radius 2 is 1.91 bits per heavy atom. The van der Waals surface area contributed by atoms with Gasteiger partial charge in [-0.2, -0.15) is 0 Å². The lowest BCUT2D eigenvalue weighted by atomic mass is 9.89. The van der Waals surface area contributed by atoms with Gasteiger partial charge in [-0.15, -0.1) is 0 Å². The molecule has 0 bridgehead atoms. The molecule has 0 aliphatic carbocycles. The van der Waals surface area contributed by atoms with E-state index in [2.05, 4.69) is 15.6 Å². The first-order chi connectivity index (χ1) is 16.4. The van der Waals surface area contributed by atoms with E-state index in [9.17, 15) is 27.9 Å². The fourth-order valence-corrected chi connectivity index (χ4v) is 3.89. The Kier molecular flexibility index (Phi) is 7.65. The van der Waals surface area contributed by atoms with Gasteiger partial charge in [-0.3, -0.25) is 9.59 Å². The molecule has 3 rings (SSSR count). The van der Waals surface area contributed by atoms with Gasteiger partial charge in [-0.25, -0.2) is 13.2 Å². The van der Waals surface area contributed by atoms with Crippen LogP contribution in [0.5, 0.6) is 0 Å². The maximum Gasteiger partial charge on any atom is 0.261 e. The zero-order valence-corrected chi connectivity index (χ0v) is 20.2. The van der Waals surface area contributed by atoms with Gasteiger partial charge in [0.2, 0.25) is 11.3 Å². The SMILES string of the molecule is [B]C(F)(F)c1cc(N/C(=C/O)CCC)ccc1NC(=O)c1c[nH]c2cccc(C(C)(F)P)c2c1=O. The van der Waals surface area contributed by atoms with Gasteiger partial charge in [-0.1, -0.05) is 34.7 Å². The third-order valence-electron chi connectivity index (χ3n) is 5.29. The smallest absolute Gasteiger partial charge is 0.261 e. The molecule has 0 aliphatic rings. The minimum Gasteiger partial charge on any atom is -0.514 e. The Balaban J connectivity index is 2.02. The number of aliphatic hydroxyl groups is 1. The zero-order chi connectivity index (χ0) is 26.0. The molecule has 3 aromatic rings. The number of aliphatic hydroxyl groups excluding tert-OH is 1. The molecule has 6 nitrogen and oxygen atoms in total. The first kappa shape index (κ1) is 26.4. The number of hydrogen-bond donors (Lipinski definition) is 4. The highest BCUT2D eigenvalue weighted by Crippen LogP contribution is 2.36. The van der Waals surface area contributed by atoms with E-state index in [1.165, 1.54) is 25.1 Å². The molecule has 1 amide bonds. The number of halogens is 3. The van der Waals surface area contributed by atoms with Crippen LogP contribution in [0.15, 0.2) is 59.3 Å². The molecule has 182 valence electrons. The van der Waals surface area contributed by atoms with E-state index in [-0.39, 0.29) is 27.9 Å². The number of carbonyl (C=O) groups excluding carboxylic acids is 1. The fourth-order valence-electron chi connectivity index (χ4n) is 3.65. The summed E-state index contributed by atoms with van der Waals surface area (Å²) in [6.45, 7) is 3.13. The van der Waals surface area contributed by atoms with E-state index in [1.807, 2.05) is 16.2 Å². The highest BCUT2D eigenvalue weighted by atomic mass is 31.0. The Morgan fingerprint density at radius 3 is 2.51 bits per heavy atom. The third-order valence-corrected chi connectivity index (χ3v) is 5.60. The average Bonchev–Trinajstić information content (AvgIpc) is 2.78. The lowest BCUT2D eigenvalue weighted by Crippen LogP contribution is -2.25. The van der Waals surface area contributed by atoms with Crippen molar-refractivity contribution in [1.29, 1.82) is 0 Å². The average molecular weight is 501 g/mol. The first-order valence-electron chi connectivity index (χ1n) is 10.7. The Morgan fingerprint density at radius 1 is 1.20 bits per heavy atom. The van der Waals surface area contributed by atoms with E-state index in [1.54, 1.807) is 12.1 Å². The number of pyridine rings is 1. The van der Waals surface area contributed by atoms with Crippen molar-refractivity contribution in [3.8, 4) is 0 Å². The topological polar surface area (TPSA) is 94.2 Å². The number of benzene rings is 2. The molecule has 2 unspecified atom stereocenters. The van der Waals surface area contributed by atoms with E-state index >= 15 is 0 Å². The van der Waals surface area contributed by atoms with Crippen molar-refractivity contribution in [3.05, 3.63) is 81.5 Å². The molecule has 11 heteroatoms. The Hall–Kier alpha value is -3.26. The summed E-state index contributed by atoms with van der Waals surface area (Å²) in [5, 5.41) is 12.5.